The Hall–Kier alpha value is -2.91. The predicted molar refractivity (Wildman–Crippen MR) is 94.5 cm³/mol. The molecule has 0 aliphatic heterocycles. The van der Waals surface area contributed by atoms with Crippen molar-refractivity contribution in [2.75, 3.05) is 14.1 Å². The van der Waals surface area contributed by atoms with Crippen molar-refractivity contribution in [3.05, 3.63) is 58.9 Å². The molecule has 9 heteroatoms. The largest absolute Gasteiger partial charge is 0.439 e. The number of benzene rings is 2. The van der Waals surface area contributed by atoms with Crippen molar-refractivity contribution in [1.82, 2.24) is 13.9 Å². The highest BCUT2D eigenvalue weighted by molar-refractivity contribution is 7.89. The Morgan fingerprint density at radius 2 is 1.85 bits per heavy atom. The van der Waals surface area contributed by atoms with Crippen LogP contribution in [0.1, 0.15) is 5.89 Å². The minimum absolute atomic E-state index is 0.0535. The van der Waals surface area contributed by atoms with Gasteiger partial charge in [0.2, 0.25) is 15.9 Å². The lowest BCUT2D eigenvalue weighted by Crippen LogP contribution is -2.22. The molecule has 0 saturated heterocycles. The second-order valence-corrected chi connectivity index (χ2v) is 8.10. The maximum Gasteiger partial charge on any atom is 0.420 e. The summed E-state index contributed by atoms with van der Waals surface area (Å²) in [5.74, 6) is -0.248. The Labute approximate surface area is 148 Å². The molecule has 0 aliphatic carbocycles. The average Bonchev–Trinajstić information content (AvgIpc) is 3.15. The summed E-state index contributed by atoms with van der Waals surface area (Å²) in [6.45, 7) is 0.0836. The van der Waals surface area contributed by atoms with E-state index in [1.54, 1.807) is 12.1 Å². The van der Waals surface area contributed by atoms with Gasteiger partial charge in [-0.3, -0.25) is 4.57 Å². The number of hydrogen-bond acceptors (Lipinski definition) is 6. The molecule has 4 rings (SSSR count). The standard InChI is InChI=1S/C17H15N3O5S/c1-19(2)26(22,23)11-7-8-13-15(9-11)25-17(21)20(13)10-16-18-12-5-3-4-6-14(12)24-16/h3-9H,10H2,1-2H3. The van der Waals surface area contributed by atoms with Crippen LogP contribution in [-0.2, 0) is 16.6 Å². The first kappa shape index (κ1) is 16.6. The highest BCUT2D eigenvalue weighted by Crippen LogP contribution is 2.22. The molecule has 2 aromatic carbocycles. The lowest BCUT2D eigenvalue weighted by Gasteiger charge is -2.10. The summed E-state index contributed by atoms with van der Waals surface area (Å²) in [7, 11) is -0.740. The zero-order valence-electron chi connectivity index (χ0n) is 14.0. The topological polar surface area (TPSA) is 98.6 Å². The molecular formula is C17H15N3O5S. The van der Waals surface area contributed by atoms with Crippen molar-refractivity contribution in [1.29, 1.82) is 0 Å². The van der Waals surface area contributed by atoms with Crippen LogP contribution < -0.4 is 5.76 Å². The number of hydrogen-bond donors (Lipinski definition) is 0. The van der Waals surface area contributed by atoms with Crippen LogP contribution in [0.15, 0.2) is 61.0 Å². The first-order valence-electron chi connectivity index (χ1n) is 7.76. The molecule has 2 heterocycles. The summed E-state index contributed by atoms with van der Waals surface area (Å²) >= 11 is 0. The molecule has 0 radical (unpaired) electrons. The molecule has 0 bridgehead atoms. The second kappa shape index (κ2) is 5.82. The number of nitrogens with zero attached hydrogens (tertiary/aromatic N) is 3. The van der Waals surface area contributed by atoms with Gasteiger partial charge in [-0.1, -0.05) is 12.1 Å². The van der Waals surface area contributed by atoms with Gasteiger partial charge in [0.05, 0.1) is 10.4 Å². The summed E-state index contributed by atoms with van der Waals surface area (Å²) in [5, 5.41) is 0. The third-order valence-corrected chi connectivity index (χ3v) is 5.86. The van der Waals surface area contributed by atoms with Crippen LogP contribution in [0.25, 0.3) is 22.2 Å². The highest BCUT2D eigenvalue weighted by atomic mass is 32.2. The van der Waals surface area contributed by atoms with E-state index in [1.807, 2.05) is 18.2 Å². The van der Waals surface area contributed by atoms with Crippen LogP contribution in [0.3, 0.4) is 0 Å². The Balaban J connectivity index is 1.78. The molecule has 134 valence electrons. The van der Waals surface area contributed by atoms with Crippen molar-refractivity contribution in [3.8, 4) is 0 Å². The van der Waals surface area contributed by atoms with Crippen LogP contribution in [0.4, 0.5) is 0 Å². The van der Waals surface area contributed by atoms with Gasteiger partial charge in [0.15, 0.2) is 11.2 Å². The van der Waals surface area contributed by atoms with E-state index >= 15 is 0 Å². The van der Waals surface area contributed by atoms with Crippen molar-refractivity contribution in [3.63, 3.8) is 0 Å². The number of aromatic nitrogens is 2. The van der Waals surface area contributed by atoms with Gasteiger partial charge in [-0.05, 0) is 24.3 Å². The van der Waals surface area contributed by atoms with Crippen molar-refractivity contribution < 1.29 is 17.3 Å². The second-order valence-electron chi connectivity index (χ2n) is 5.95. The summed E-state index contributed by atoms with van der Waals surface area (Å²) in [6.07, 6.45) is 0. The van der Waals surface area contributed by atoms with Crippen LogP contribution in [0.2, 0.25) is 0 Å². The van der Waals surface area contributed by atoms with Crippen LogP contribution in [0, 0.1) is 0 Å². The molecule has 0 unspecified atom stereocenters. The summed E-state index contributed by atoms with van der Waals surface area (Å²) < 4.78 is 37.8. The minimum atomic E-state index is -3.62. The molecule has 0 saturated carbocycles. The fraction of sp³-hybridized carbons (Fsp3) is 0.176. The van der Waals surface area contributed by atoms with Crippen LogP contribution in [0.5, 0.6) is 0 Å². The first-order chi connectivity index (χ1) is 12.4. The third-order valence-electron chi connectivity index (χ3n) is 4.05. The number of sulfonamides is 1. The van der Waals surface area contributed by atoms with Gasteiger partial charge in [-0.15, -0.1) is 0 Å². The third kappa shape index (κ3) is 2.61. The molecule has 26 heavy (non-hydrogen) atoms. The molecule has 0 fully saturated rings. The monoisotopic (exact) mass is 373 g/mol. The minimum Gasteiger partial charge on any atom is -0.439 e. The van der Waals surface area contributed by atoms with E-state index in [0.29, 0.717) is 22.5 Å². The van der Waals surface area contributed by atoms with E-state index in [0.717, 1.165) is 4.31 Å². The molecule has 0 spiro atoms. The predicted octanol–water partition coefficient (Wildman–Crippen LogP) is 2.03. The molecule has 0 N–H and O–H groups in total. The fourth-order valence-electron chi connectivity index (χ4n) is 2.69. The molecular weight excluding hydrogens is 358 g/mol. The van der Waals surface area contributed by atoms with Crippen molar-refractivity contribution >= 4 is 32.2 Å². The van der Waals surface area contributed by atoms with Gasteiger partial charge in [0.1, 0.15) is 12.1 Å². The molecule has 2 aromatic heterocycles. The number of para-hydroxylation sites is 2. The van der Waals surface area contributed by atoms with Crippen LogP contribution in [-0.4, -0.2) is 36.4 Å². The number of rotatable bonds is 4. The van der Waals surface area contributed by atoms with Gasteiger partial charge >= 0.3 is 5.76 Å². The van der Waals surface area contributed by atoms with Gasteiger partial charge in [-0.25, -0.2) is 22.5 Å². The Morgan fingerprint density at radius 1 is 1.08 bits per heavy atom. The summed E-state index contributed by atoms with van der Waals surface area (Å²) in [4.78, 5) is 16.6. The van der Waals surface area contributed by atoms with E-state index < -0.39 is 15.8 Å². The maximum absolute atomic E-state index is 12.2. The maximum atomic E-state index is 12.2. The van der Waals surface area contributed by atoms with E-state index in [-0.39, 0.29) is 17.0 Å². The zero-order valence-corrected chi connectivity index (χ0v) is 14.9. The van der Waals surface area contributed by atoms with E-state index in [9.17, 15) is 13.2 Å². The molecule has 8 nitrogen and oxygen atoms in total. The average molecular weight is 373 g/mol. The summed E-state index contributed by atoms with van der Waals surface area (Å²) in [6, 6.07) is 11.6. The Kier molecular flexibility index (Phi) is 3.70. The van der Waals surface area contributed by atoms with E-state index in [4.69, 9.17) is 8.83 Å². The SMILES string of the molecule is CN(C)S(=O)(=O)c1ccc2c(c1)oc(=O)n2Cc1nc2ccccc2o1. The van der Waals surface area contributed by atoms with Crippen molar-refractivity contribution in [2.45, 2.75) is 11.4 Å². The quantitative estimate of drug-likeness (QED) is 0.543. The van der Waals surface area contributed by atoms with Gasteiger partial charge in [0, 0.05) is 20.2 Å². The Morgan fingerprint density at radius 3 is 2.58 bits per heavy atom. The smallest absolute Gasteiger partial charge is 0.420 e. The van der Waals surface area contributed by atoms with E-state index in [1.165, 1.54) is 30.8 Å². The molecule has 0 amide bonds. The number of fused-ring (bicyclic) bond motifs is 2. The van der Waals surface area contributed by atoms with Crippen molar-refractivity contribution in [2.24, 2.45) is 0 Å². The fourth-order valence-corrected chi connectivity index (χ4v) is 3.61. The first-order valence-corrected chi connectivity index (χ1v) is 9.20. The summed E-state index contributed by atoms with van der Waals surface area (Å²) in [5.41, 5.74) is 1.98. The van der Waals surface area contributed by atoms with E-state index in [2.05, 4.69) is 4.98 Å². The van der Waals surface area contributed by atoms with Gasteiger partial charge in [0.25, 0.3) is 0 Å². The Bertz CT molecular complexity index is 1250. The lowest BCUT2D eigenvalue weighted by atomic mass is 10.3. The van der Waals surface area contributed by atoms with Gasteiger partial charge < -0.3 is 8.83 Å². The zero-order chi connectivity index (χ0) is 18.5. The normalized spacial score (nSPS) is 12.4. The van der Waals surface area contributed by atoms with Gasteiger partial charge in [-0.2, -0.15) is 0 Å². The van der Waals surface area contributed by atoms with Crippen LogP contribution >= 0.6 is 0 Å². The highest BCUT2D eigenvalue weighted by Gasteiger charge is 2.20. The molecule has 0 aliphatic rings. The lowest BCUT2D eigenvalue weighted by molar-refractivity contribution is 0.472. The number of oxazole rings is 2. The molecule has 0 atom stereocenters. The molecule has 4 aromatic rings.